The van der Waals surface area contributed by atoms with Crippen LogP contribution in [0, 0.1) is 0 Å². The highest BCUT2D eigenvalue weighted by Crippen LogP contribution is 2.21. The van der Waals surface area contributed by atoms with Crippen LogP contribution >= 0.6 is 23.4 Å². The van der Waals surface area contributed by atoms with Gasteiger partial charge in [-0.2, -0.15) is 0 Å². The number of hydrogen-bond donors (Lipinski definition) is 1. The summed E-state index contributed by atoms with van der Waals surface area (Å²) in [7, 11) is 0. The van der Waals surface area contributed by atoms with Gasteiger partial charge in [0.05, 0.1) is 5.03 Å². The van der Waals surface area contributed by atoms with Crippen molar-refractivity contribution >= 4 is 29.1 Å². The number of hydrogen-bond acceptors (Lipinski definition) is 4. The van der Waals surface area contributed by atoms with E-state index >= 15 is 0 Å². The predicted molar refractivity (Wildman–Crippen MR) is 72.2 cm³/mol. The molecule has 5 heteroatoms. The SMILES string of the molecule is CCN(CC)CCSc1cc(N)cc(Cl)n1. The molecule has 0 aliphatic carbocycles. The monoisotopic (exact) mass is 259 g/mol. The fourth-order valence-electron chi connectivity index (χ4n) is 1.38. The number of halogens is 1. The zero-order chi connectivity index (χ0) is 12.0. The Bertz CT molecular complexity index is 309. The molecule has 0 saturated carbocycles. The summed E-state index contributed by atoms with van der Waals surface area (Å²) in [5, 5.41) is 1.36. The van der Waals surface area contributed by atoms with Crippen LogP contribution in [-0.4, -0.2) is 35.3 Å². The molecule has 0 unspecified atom stereocenters. The number of nitrogens with two attached hydrogens (primary N) is 1. The lowest BCUT2D eigenvalue weighted by Gasteiger charge is -2.17. The van der Waals surface area contributed by atoms with E-state index in [-0.39, 0.29) is 0 Å². The Labute approximate surface area is 106 Å². The molecule has 0 aliphatic heterocycles. The average Bonchev–Trinajstić information content (AvgIpc) is 2.23. The van der Waals surface area contributed by atoms with Crippen molar-refractivity contribution in [2.75, 3.05) is 31.1 Å². The van der Waals surface area contributed by atoms with Crippen LogP contribution in [0.4, 0.5) is 5.69 Å². The first kappa shape index (κ1) is 13.6. The van der Waals surface area contributed by atoms with Crippen molar-refractivity contribution < 1.29 is 0 Å². The van der Waals surface area contributed by atoms with Gasteiger partial charge in [0, 0.05) is 18.0 Å². The van der Waals surface area contributed by atoms with E-state index in [2.05, 4.69) is 23.7 Å². The Balaban J connectivity index is 2.42. The lowest BCUT2D eigenvalue weighted by Crippen LogP contribution is -2.25. The molecule has 1 rings (SSSR count). The van der Waals surface area contributed by atoms with Crippen LogP contribution in [0.25, 0.3) is 0 Å². The molecule has 90 valence electrons. The fraction of sp³-hybridized carbons (Fsp3) is 0.545. The number of nitrogens with zero attached hydrogens (tertiary/aromatic N) is 2. The minimum atomic E-state index is 0.463. The van der Waals surface area contributed by atoms with Crippen LogP contribution < -0.4 is 5.73 Å². The zero-order valence-corrected chi connectivity index (χ0v) is 11.3. The maximum absolute atomic E-state index is 5.83. The Kier molecular flexibility index (Phi) is 5.95. The first-order valence-electron chi connectivity index (χ1n) is 5.44. The molecular weight excluding hydrogens is 242 g/mol. The average molecular weight is 260 g/mol. The van der Waals surface area contributed by atoms with E-state index in [1.54, 1.807) is 17.8 Å². The Morgan fingerprint density at radius 1 is 1.38 bits per heavy atom. The molecular formula is C11H18ClN3S. The van der Waals surface area contributed by atoms with Gasteiger partial charge in [0.2, 0.25) is 0 Å². The summed E-state index contributed by atoms with van der Waals surface area (Å²) in [5.41, 5.74) is 6.37. The summed E-state index contributed by atoms with van der Waals surface area (Å²) < 4.78 is 0. The maximum atomic E-state index is 5.83. The highest BCUT2D eigenvalue weighted by Gasteiger charge is 2.02. The number of aromatic nitrogens is 1. The van der Waals surface area contributed by atoms with Crippen LogP contribution in [0.5, 0.6) is 0 Å². The number of thioether (sulfide) groups is 1. The topological polar surface area (TPSA) is 42.1 Å². The lowest BCUT2D eigenvalue weighted by atomic mass is 10.4. The molecule has 1 heterocycles. The molecule has 0 aromatic carbocycles. The standard InChI is InChI=1S/C11H18ClN3S/c1-3-15(4-2)5-6-16-11-8-9(13)7-10(12)14-11/h7-8H,3-6H2,1-2H3,(H2,13,14). The van der Waals surface area contributed by atoms with Crippen molar-refractivity contribution in [2.24, 2.45) is 0 Å². The van der Waals surface area contributed by atoms with Crippen molar-refractivity contribution in [1.29, 1.82) is 0 Å². The molecule has 0 saturated heterocycles. The van der Waals surface area contributed by atoms with E-state index in [1.165, 1.54) is 0 Å². The Morgan fingerprint density at radius 2 is 2.06 bits per heavy atom. The van der Waals surface area contributed by atoms with Gasteiger partial charge >= 0.3 is 0 Å². The van der Waals surface area contributed by atoms with E-state index in [4.69, 9.17) is 17.3 Å². The zero-order valence-electron chi connectivity index (χ0n) is 9.74. The summed E-state index contributed by atoms with van der Waals surface area (Å²) in [4.78, 5) is 6.59. The molecule has 0 spiro atoms. The van der Waals surface area contributed by atoms with Crippen molar-refractivity contribution in [3.63, 3.8) is 0 Å². The van der Waals surface area contributed by atoms with Crippen LogP contribution in [0.15, 0.2) is 17.2 Å². The van der Waals surface area contributed by atoms with Crippen LogP contribution in [0.1, 0.15) is 13.8 Å². The van der Waals surface area contributed by atoms with E-state index in [9.17, 15) is 0 Å². The van der Waals surface area contributed by atoms with Crippen LogP contribution in [-0.2, 0) is 0 Å². The minimum Gasteiger partial charge on any atom is -0.399 e. The van der Waals surface area contributed by atoms with Gasteiger partial charge in [-0.3, -0.25) is 0 Å². The summed E-state index contributed by atoms with van der Waals surface area (Å²) in [6.07, 6.45) is 0. The van der Waals surface area contributed by atoms with Crippen molar-refractivity contribution in [1.82, 2.24) is 9.88 Å². The first-order chi connectivity index (χ1) is 7.65. The second-order valence-electron chi connectivity index (χ2n) is 3.44. The number of anilines is 1. The largest absolute Gasteiger partial charge is 0.399 e. The number of nitrogen functional groups attached to an aromatic ring is 1. The molecule has 0 amide bonds. The van der Waals surface area contributed by atoms with E-state index in [0.29, 0.717) is 10.8 Å². The van der Waals surface area contributed by atoms with Gasteiger partial charge in [0.1, 0.15) is 5.15 Å². The normalized spacial score (nSPS) is 11.0. The number of pyridine rings is 1. The molecule has 0 aliphatic rings. The Hall–Kier alpha value is -0.450. The molecule has 3 nitrogen and oxygen atoms in total. The predicted octanol–water partition coefficient (Wildman–Crippen LogP) is 2.75. The summed E-state index contributed by atoms with van der Waals surface area (Å²) in [5.74, 6) is 1.01. The third-order valence-corrected chi connectivity index (χ3v) is 3.43. The second-order valence-corrected chi connectivity index (χ2v) is 4.94. The summed E-state index contributed by atoms with van der Waals surface area (Å²) >= 11 is 7.52. The molecule has 0 atom stereocenters. The van der Waals surface area contributed by atoms with Gasteiger partial charge in [-0.1, -0.05) is 25.4 Å². The van der Waals surface area contributed by atoms with E-state index < -0.39 is 0 Å². The van der Waals surface area contributed by atoms with Crippen molar-refractivity contribution in [2.45, 2.75) is 18.9 Å². The molecule has 0 fully saturated rings. The molecule has 0 radical (unpaired) electrons. The highest BCUT2D eigenvalue weighted by molar-refractivity contribution is 7.99. The summed E-state index contributed by atoms with van der Waals surface area (Å²) in [6.45, 7) is 7.57. The third-order valence-electron chi connectivity index (χ3n) is 2.34. The number of rotatable bonds is 6. The minimum absolute atomic E-state index is 0.463. The van der Waals surface area contributed by atoms with Gasteiger partial charge in [0.15, 0.2) is 0 Å². The third kappa shape index (κ3) is 4.60. The smallest absolute Gasteiger partial charge is 0.132 e. The van der Waals surface area contributed by atoms with Gasteiger partial charge in [0.25, 0.3) is 0 Å². The van der Waals surface area contributed by atoms with Gasteiger partial charge < -0.3 is 10.6 Å². The Morgan fingerprint density at radius 3 is 2.62 bits per heavy atom. The van der Waals surface area contributed by atoms with Crippen molar-refractivity contribution in [3.05, 3.63) is 17.3 Å². The van der Waals surface area contributed by atoms with Crippen LogP contribution in [0.3, 0.4) is 0 Å². The lowest BCUT2D eigenvalue weighted by molar-refractivity contribution is 0.324. The van der Waals surface area contributed by atoms with Crippen LogP contribution in [0.2, 0.25) is 5.15 Å². The van der Waals surface area contributed by atoms with Gasteiger partial charge in [-0.15, -0.1) is 11.8 Å². The van der Waals surface area contributed by atoms with E-state index in [0.717, 1.165) is 30.4 Å². The second kappa shape index (κ2) is 6.99. The maximum Gasteiger partial charge on any atom is 0.132 e. The van der Waals surface area contributed by atoms with Gasteiger partial charge in [-0.25, -0.2) is 4.98 Å². The fourth-order valence-corrected chi connectivity index (χ4v) is 2.59. The molecule has 2 N–H and O–H groups in total. The molecule has 1 aromatic heterocycles. The molecule has 16 heavy (non-hydrogen) atoms. The first-order valence-corrected chi connectivity index (χ1v) is 6.80. The van der Waals surface area contributed by atoms with Gasteiger partial charge in [-0.05, 0) is 25.2 Å². The quantitative estimate of drug-likeness (QED) is 0.630. The van der Waals surface area contributed by atoms with E-state index in [1.807, 2.05) is 6.07 Å². The van der Waals surface area contributed by atoms with Crippen molar-refractivity contribution in [3.8, 4) is 0 Å². The molecule has 1 aromatic rings. The molecule has 0 bridgehead atoms. The summed E-state index contributed by atoms with van der Waals surface area (Å²) in [6, 6.07) is 3.52. The highest BCUT2D eigenvalue weighted by atomic mass is 35.5.